The van der Waals surface area contributed by atoms with Gasteiger partial charge in [-0.25, -0.2) is 0 Å². The second kappa shape index (κ2) is 7.30. The van der Waals surface area contributed by atoms with Gasteiger partial charge in [0.1, 0.15) is 0 Å². The molecule has 1 aromatic rings. The first-order chi connectivity index (χ1) is 9.20. The minimum Gasteiger partial charge on any atom is -0.352 e. The smallest absolute Gasteiger partial charge is 0.251 e. The average Bonchev–Trinajstić information content (AvgIpc) is 2.45. The zero-order valence-corrected chi connectivity index (χ0v) is 13.2. The average molecular weight is 345 g/mol. The Kier molecular flexibility index (Phi) is 5.71. The number of alkyl halides is 1. The summed E-state index contributed by atoms with van der Waals surface area (Å²) in [7, 11) is 0. The summed E-state index contributed by atoms with van der Waals surface area (Å²) in [4.78, 5) is 12.1. The largest absolute Gasteiger partial charge is 0.352 e. The van der Waals surface area contributed by atoms with Crippen LogP contribution in [-0.2, 0) is 0 Å². The van der Waals surface area contributed by atoms with Gasteiger partial charge in [-0.2, -0.15) is 0 Å². The SMILES string of the molecule is O=C(NCC1CCCCC1CBr)c1cccc(Cl)c1. The number of carbonyl (C=O) groups excluding carboxylic acids is 1. The van der Waals surface area contributed by atoms with Gasteiger partial charge >= 0.3 is 0 Å². The van der Waals surface area contributed by atoms with Gasteiger partial charge in [-0.3, -0.25) is 4.79 Å². The summed E-state index contributed by atoms with van der Waals surface area (Å²) in [6.07, 6.45) is 5.07. The molecule has 0 aliphatic heterocycles. The minimum atomic E-state index is -0.0265. The van der Waals surface area contributed by atoms with E-state index in [4.69, 9.17) is 11.6 Å². The van der Waals surface area contributed by atoms with Crippen molar-refractivity contribution in [3.8, 4) is 0 Å². The van der Waals surface area contributed by atoms with Gasteiger partial charge in [-0.05, 0) is 42.9 Å². The van der Waals surface area contributed by atoms with E-state index in [-0.39, 0.29) is 5.91 Å². The number of rotatable bonds is 4. The number of hydrogen-bond acceptors (Lipinski definition) is 1. The van der Waals surface area contributed by atoms with Crippen molar-refractivity contribution in [2.24, 2.45) is 11.8 Å². The first-order valence-electron chi connectivity index (χ1n) is 6.80. The molecule has 1 aromatic carbocycles. The van der Waals surface area contributed by atoms with E-state index in [0.29, 0.717) is 22.4 Å². The number of halogens is 2. The molecule has 19 heavy (non-hydrogen) atoms. The number of carbonyl (C=O) groups is 1. The van der Waals surface area contributed by atoms with Crippen molar-refractivity contribution in [1.29, 1.82) is 0 Å². The fraction of sp³-hybridized carbons (Fsp3) is 0.533. The van der Waals surface area contributed by atoms with Gasteiger partial charge < -0.3 is 5.32 Å². The Balaban J connectivity index is 1.89. The molecule has 1 N–H and O–H groups in total. The molecule has 0 heterocycles. The monoisotopic (exact) mass is 343 g/mol. The van der Waals surface area contributed by atoms with Crippen molar-refractivity contribution in [3.63, 3.8) is 0 Å². The van der Waals surface area contributed by atoms with Crippen LogP contribution in [0.15, 0.2) is 24.3 Å². The third kappa shape index (κ3) is 4.22. The Labute approximate surface area is 128 Å². The second-order valence-corrected chi connectivity index (χ2v) is 6.26. The lowest BCUT2D eigenvalue weighted by Crippen LogP contribution is -2.34. The van der Waals surface area contributed by atoms with Crippen LogP contribution in [0.2, 0.25) is 5.02 Å². The highest BCUT2D eigenvalue weighted by Gasteiger charge is 2.24. The van der Waals surface area contributed by atoms with Gasteiger partial charge in [0.15, 0.2) is 0 Å². The lowest BCUT2D eigenvalue weighted by atomic mass is 9.80. The molecular weight excluding hydrogens is 326 g/mol. The Hall–Kier alpha value is -0.540. The van der Waals surface area contributed by atoms with E-state index in [9.17, 15) is 4.79 Å². The molecule has 1 saturated carbocycles. The first kappa shape index (κ1) is 14.9. The molecular formula is C15H19BrClNO. The summed E-state index contributed by atoms with van der Waals surface area (Å²) in [5.74, 6) is 1.26. The molecule has 1 fully saturated rings. The minimum absolute atomic E-state index is 0.0265. The fourth-order valence-electron chi connectivity index (χ4n) is 2.71. The van der Waals surface area contributed by atoms with Crippen LogP contribution in [-0.4, -0.2) is 17.8 Å². The van der Waals surface area contributed by atoms with Crippen LogP contribution in [0.25, 0.3) is 0 Å². The molecule has 2 unspecified atom stereocenters. The van der Waals surface area contributed by atoms with Crippen molar-refractivity contribution in [3.05, 3.63) is 34.9 Å². The summed E-state index contributed by atoms with van der Waals surface area (Å²) in [6.45, 7) is 0.765. The number of amides is 1. The van der Waals surface area contributed by atoms with Crippen molar-refractivity contribution < 1.29 is 4.79 Å². The molecule has 0 saturated heterocycles. The van der Waals surface area contributed by atoms with E-state index in [1.54, 1.807) is 24.3 Å². The van der Waals surface area contributed by atoms with Crippen molar-refractivity contribution >= 4 is 33.4 Å². The predicted octanol–water partition coefficient (Wildman–Crippen LogP) is 4.27. The maximum atomic E-state index is 12.1. The van der Waals surface area contributed by atoms with Gasteiger partial charge in [-0.1, -0.05) is 46.4 Å². The molecule has 2 atom stereocenters. The van der Waals surface area contributed by atoms with Crippen LogP contribution in [0.1, 0.15) is 36.0 Å². The first-order valence-corrected chi connectivity index (χ1v) is 8.30. The highest BCUT2D eigenvalue weighted by Crippen LogP contribution is 2.30. The molecule has 1 aliphatic carbocycles. The van der Waals surface area contributed by atoms with Gasteiger partial charge in [-0.15, -0.1) is 0 Å². The van der Waals surface area contributed by atoms with Crippen molar-refractivity contribution in [2.75, 3.05) is 11.9 Å². The van der Waals surface area contributed by atoms with Crippen LogP contribution >= 0.6 is 27.5 Å². The molecule has 2 nitrogen and oxygen atoms in total. The molecule has 4 heteroatoms. The summed E-state index contributed by atoms with van der Waals surface area (Å²) >= 11 is 9.48. The highest BCUT2D eigenvalue weighted by atomic mass is 79.9. The van der Waals surface area contributed by atoms with Crippen LogP contribution in [0, 0.1) is 11.8 Å². The van der Waals surface area contributed by atoms with E-state index < -0.39 is 0 Å². The number of hydrogen-bond donors (Lipinski definition) is 1. The molecule has 0 spiro atoms. The zero-order valence-electron chi connectivity index (χ0n) is 10.9. The molecule has 1 aliphatic rings. The maximum absolute atomic E-state index is 12.1. The van der Waals surface area contributed by atoms with Crippen LogP contribution < -0.4 is 5.32 Å². The normalized spacial score (nSPS) is 23.1. The quantitative estimate of drug-likeness (QED) is 0.812. The highest BCUT2D eigenvalue weighted by molar-refractivity contribution is 9.09. The number of benzene rings is 1. The van der Waals surface area contributed by atoms with Crippen molar-refractivity contribution in [1.82, 2.24) is 5.32 Å². The van der Waals surface area contributed by atoms with Gasteiger partial charge in [0.2, 0.25) is 0 Å². The predicted molar refractivity (Wildman–Crippen MR) is 83.0 cm³/mol. The standard InChI is InChI=1S/C15H19BrClNO/c16-9-12-4-1-2-5-13(12)10-18-15(19)11-6-3-7-14(17)8-11/h3,6-8,12-13H,1-2,4-5,9-10H2,(H,18,19). The molecule has 2 rings (SSSR count). The third-order valence-corrected chi connectivity index (χ3v) is 4.94. The second-order valence-electron chi connectivity index (χ2n) is 5.18. The van der Waals surface area contributed by atoms with Crippen LogP contribution in [0.5, 0.6) is 0 Å². The van der Waals surface area contributed by atoms with Crippen LogP contribution in [0.4, 0.5) is 0 Å². The summed E-state index contributed by atoms with van der Waals surface area (Å²) < 4.78 is 0. The van der Waals surface area contributed by atoms with Crippen molar-refractivity contribution in [2.45, 2.75) is 25.7 Å². The lowest BCUT2D eigenvalue weighted by molar-refractivity contribution is 0.0937. The Bertz CT molecular complexity index is 438. The van der Waals surface area contributed by atoms with E-state index in [1.807, 2.05) is 0 Å². The summed E-state index contributed by atoms with van der Waals surface area (Å²) in [5.41, 5.74) is 0.638. The molecule has 0 aromatic heterocycles. The van der Waals surface area contributed by atoms with Gasteiger partial charge in [0.25, 0.3) is 5.91 Å². The lowest BCUT2D eigenvalue weighted by Gasteiger charge is -2.30. The molecule has 0 bridgehead atoms. The molecule has 0 radical (unpaired) electrons. The van der Waals surface area contributed by atoms with E-state index in [2.05, 4.69) is 21.2 Å². The van der Waals surface area contributed by atoms with Gasteiger partial charge in [0, 0.05) is 22.5 Å². The maximum Gasteiger partial charge on any atom is 0.251 e. The van der Waals surface area contributed by atoms with E-state index >= 15 is 0 Å². The van der Waals surface area contributed by atoms with E-state index in [0.717, 1.165) is 11.9 Å². The van der Waals surface area contributed by atoms with E-state index in [1.165, 1.54) is 25.7 Å². The third-order valence-electron chi connectivity index (χ3n) is 3.88. The topological polar surface area (TPSA) is 29.1 Å². The Morgan fingerprint density at radius 3 is 2.74 bits per heavy atom. The Morgan fingerprint density at radius 1 is 1.32 bits per heavy atom. The fourth-order valence-corrected chi connectivity index (χ4v) is 3.75. The molecule has 1 amide bonds. The zero-order chi connectivity index (χ0) is 13.7. The summed E-state index contributed by atoms with van der Waals surface area (Å²) in [5, 5.41) is 4.67. The van der Waals surface area contributed by atoms with Gasteiger partial charge in [0.05, 0.1) is 0 Å². The van der Waals surface area contributed by atoms with Crippen LogP contribution in [0.3, 0.4) is 0 Å². The summed E-state index contributed by atoms with van der Waals surface area (Å²) in [6, 6.07) is 7.09. The Morgan fingerprint density at radius 2 is 2.05 bits per heavy atom. The number of nitrogens with one attached hydrogen (secondary N) is 1. The molecule has 104 valence electrons.